The van der Waals surface area contributed by atoms with Gasteiger partial charge >= 0.3 is 6.18 Å². The van der Waals surface area contributed by atoms with Gasteiger partial charge in [0.15, 0.2) is 0 Å². The molecule has 7 nitrogen and oxygen atoms in total. The number of nitrogens with one attached hydrogen (secondary N) is 1. The quantitative estimate of drug-likeness (QED) is 0.653. The Morgan fingerprint density at radius 1 is 1.41 bits per heavy atom. The Hall–Kier alpha value is -2.62. The lowest BCUT2D eigenvalue weighted by atomic mass is 10.1. The van der Waals surface area contributed by atoms with Gasteiger partial charge in [0.05, 0.1) is 35.5 Å². The Morgan fingerprint density at radius 2 is 2.14 bits per heavy atom. The average molecular weight is 316 g/mol. The molecule has 0 aliphatic heterocycles. The van der Waals surface area contributed by atoms with Crippen molar-refractivity contribution in [2.75, 3.05) is 11.9 Å². The number of aromatic nitrogens is 2. The van der Waals surface area contributed by atoms with Gasteiger partial charge in [-0.25, -0.2) is 0 Å². The molecule has 0 radical (unpaired) electrons. The number of benzene rings is 1. The zero-order valence-electron chi connectivity index (χ0n) is 11.0. The molecule has 0 amide bonds. The lowest BCUT2D eigenvalue weighted by Gasteiger charge is -2.09. The van der Waals surface area contributed by atoms with Crippen molar-refractivity contribution in [2.45, 2.75) is 12.7 Å². The van der Waals surface area contributed by atoms with Crippen LogP contribution >= 0.6 is 0 Å². The number of nitrogens with zero attached hydrogens (tertiary/aromatic N) is 3. The zero-order valence-corrected chi connectivity index (χ0v) is 11.0. The summed E-state index contributed by atoms with van der Waals surface area (Å²) in [6, 6.07) is 2.22. The van der Waals surface area contributed by atoms with E-state index in [-0.39, 0.29) is 18.8 Å². The number of nitro groups is 1. The summed E-state index contributed by atoms with van der Waals surface area (Å²) in [7, 11) is 0. The van der Waals surface area contributed by atoms with Crippen LogP contribution in [0.4, 0.5) is 30.2 Å². The van der Waals surface area contributed by atoms with E-state index >= 15 is 0 Å². The number of aliphatic hydroxyl groups excluding tert-OH is 1. The normalized spacial score (nSPS) is 11.5. The number of hydrogen-bond acceptors (Lipinski definition) is 5. The van der Waals surface area contributed by atoms with Crippen LogP contribution in [0.25, 0.3) is 0 Å². The summed E-state index contributed by atoms with van der Waals surface area (Å²) in [6.45, 7) is 0.0956. The first-order chi connectivity index (χ1) is 10.3. The van der Waals surface area contributed by atoms with Gasteiger partial charge < -0.3 is 10.4 Å². The first-order valence-electron chi connectivity index (χ1n) is 6.07. The molecule has 0 fully saturated rings. The summed E-state index contributed by atoms with van der Waals surface area (Å²) >= 11 is 0. The van der Waals surface area contributed by atoms with Crippen LogP contribution in [0.1, 0.15) is 5.56 Å². The smallest absolute Gasteiger partial charge is 0.394 e. The minimum atomic E-state index is -4.66. The van der Waals surface area contributed by atoms with E-state index in [4.69, 9.17) is 5.11 Å². The summed E-state index contributed by atoms with van der Waals surface area (Å²) in [5, 5.41) is 26.2. The Kier molecular flexibility index (Phi) is 4.31. The lowest BCUT2D eigenvalue weighted by Crippen LogP contribution is -2.06. The fourth-order valence-electron chi connectivity index (χ4n) is 1.77. The van der Waals surface area contributed by atoms with Crippen LogP contribution in [0, 0.1) is 10.1 Å². The average Bonchev–Trinajstić information content (AvgIpc) is 2.85. The molecule has 0 aliphatic carbocycles. The van der Waals surface area contributed by atoms with E-state index < -0.39 is 22.4 Å². The Balaban J connectivity index is 2.31. The van der Waals surface area contributed by atoms with Gasteiger partial charge in [-0.3, -0.25) is 14.8 Å². The van der Waals surface area contributed by atoms with Crippen LogP contribution in [0.15, 0.2) is 30.6 Å². The molecule has 1 aromatic heterocycles. The van der Waals surface area contributed by atoms with Gasteiger partial charge in [-0.15, -0.1) is 0 Å². The molecule has 1 aromatic carbocycles. The van der Waals surface area contributed by atoms with Crippen LogP contribution in [-0.4, -0.2) is 26.4 Å². The molecule has 0 spiro atoms. The second-order valence-electron chi connectivity index (χ2n) is 4.33. The van der Waals surface area contributed by atoms with Crippen LogP contribution in [0.2, 0.25) is 0 Å². The topological polar surface area (TPSA) is 93.2 Å². The van der Waals surface area contributed by atoms with Crippen molar-refractivity contribution < 1.29 is 23.2 Å². The summed E-state index contributed by atoms with van der Waals surface area (Å²) in [5.74, 6) is 0. The lowest BCUT2D eigenvalue weighted by molar-refractivity contribution is -0.384. The largest absolute Gasteiger partial charge is 0.416 e. The molecule has 2 N–H and O–H groups in total. The highest BCUT2D eigenvalue weighted by Gasteiger charge is 2.33. The minimum absolute atomic E-state index is 0.0819. The first kappa shape index (κ1) is 15.8. The van der Waals surface area contributed by atoms with Crippen molar-refractivity contribution in [3.8, 4) is 0 Å². The van der Waals surface area contributed by atoms with Crippen molar-refractivity contribution in [3.63, 3.8) is 0 Å². The van der Waals surface area contributed by atoms with Crippen LogP contribution in [0.3, 0.4) is 0 Å². The van der Waals surface area contributed by atoms with Gasteiger partial charge in [0, 0.05) is 12.3 Å². The molecule has 0 unspecified atom stereocenters. The summed E-state index contributed by atoms with van der Waals surface area (Å²) in [6.07, 6.45) is -1.84. The van der Waals surface area contributed by atoms with Gasteiger partial charge in [0.1, 0.15) is 5.69 Å². The number of alkyl halides is 3. The number of nitro benzene ring substituents is 1. The zero-order chi connectivity index (χ0) is 16.3. The molecule has 1 heterocycles. The predicted molar refractivity (Wildman–Crippen MR) is 70.7 cm³/mol. The van der Waals surface area contributed by atoms with Crippen molar-refractivity contribution in [1.82, 2.24) is 9.78 Å². The minimum Gasteiger partial charge on any atom is -0.394 e. The monoisotopic (exact) mass is 316 g/mol. The molecule has 2 aromatic rings. The fourth-order valence-corrected chi connectivity index (χ4v) is 1.77. The van der Waals surface area contributed by atoms with E-state index in [9.17, 15) is 23.3 Å². The summed E-state index contributed by atoms with van der Waals surface area (Å²) in [4.78, 5) is 10.1. The van der Waals surface area contributed by atoms with Crippen LogP contribution < -0.4 is 5.32 Å². The fraction of sp³-hybridized carbons (Fsp3) is 0.250. The van der Waals surface area contributed by atoms with E-state index in [2.05, 4.69) is 10.4 Å². The Morgan fingerprint density at radius 3 is 2.73 bits per heavy atom. The molecule has 0 aliphatic rings. The van der Waals surface area contributed by atoms with Gasteiger partial charge in [-0.05, 0) is 12.1 Å². The van der Waals surface area contributed by atoms with E-state index in [0.717, 1.165) is 12.1 Å². The third-order valence-electron chi connectivity index (χ3n) is 2.76. The summed E-state index contributed by atoms with van der Waals surface area (Å²) < 4.78 is 39.2. The van der Waals surface area contributed by atoms with Crippen molar-refractivity contribution in [2.24, 2.45) is 0 Å². The van der Waals surface area contributed by atoms with E-state index in [1.807, 2.05) is 0 Å². The standard InChI is InChI=1S/C12H11F3N4O3/c13-12(14,15)8-1-2-10(11(5-8)19(21)22)17-9-6-16-18(7-9)3-4-20/h1-2,5-7,17,20H,3-4H2. The maximum absolute atomic E-state index is 12.6. The number of hydrogen-bond donors (Lipinski definition) is 2. The molecule has 118 valence electrons. The SMILES string of the molecule is O=[N+]([O-])c1cc(C(F)(F)F)ccc1Nc1cnn(CCO)c1. The maximum atomic E-state index is 12.6. The van der Waals surface area contributed by atoms with E-state index in [1.165, 1.54) is 17.1 Å². The maximum Gasteiger partial charge on any atom is 0.416 e. The Bertz CT molecular complexity index is 684. The Labute approximate surface area is 122 Å². The number of anilines is 2. The molecule has 22 heavy (non-hydrogen) atoms. The van der Waals surface area contributed by atoms with Gasteiger partial charge in [-0.1, -0.05) is 0 Å². The highest BCUT2D eigenvalue weighted by molar-refractivity contribution is 5.69. The van der Waals surface area contributed by atoms with E-state index in [1.54, 1.807) is 0 Å². The molecule has 10 heteroatoms. The highest BCUT2D eigenvalue weighted by atomic mass is 19.4. The van der Waals surface area contributed by atoms with Crippen molar-refractivity contribution >= 4 is 17.1 Å². The van der Waals surface area contributed by atoms with E-state index in [0.29, 0.717) is 11.8 Å². The molecular weight excluding hydrogens is 305 g/mol. The predicted octanol–water partition coefficient (Wildman–Crippen LogP) is 2.55. The number of rotatable bonds is 5. The van der Waals surface area contributed by atoms with Crippen molar-refractivity contribution in [3.05, 3.63) is 46.3 Å². The molecular formula is C12H11F3N4O3. The molecule has 0 bridgehead atoms. The second-order valence-corrected chi connectivity index (χ2v) is 4.33. The molecule has 0 saturated heterocycles. The van der Waals surface area contributed by atoms with Crippen LogP contribution in [-0.2, 0) is 12.7 Å². The third kappa shape index (κ3) is 3.52. The van der Waals surface area contributed by atoms with Crippen molar-refractivity contribution in [1.29, 1.82) is 0 Å². The molecule has 0 saturated carbocycles. The number of aliphatic hydroxyl groups is 1. The number of halogens is 3. The first-order valence-corrected chi connectivity index (χ1v) is 6.07. The summed E-state index contributed by atoms with van der Waals surface area (Å²) in [5.41, 5.74) is -1.51. The van der Waals surface area contributed by atoms with Crippen LogP contribution in [0.5, 0.6) is 0 Å². The molecule has 0 atom stereocenters. The van der Waals surface area contributed by atoms with Gasteiger partial charge in [0.25, 0.3) is 5.69 Å². The van der Waals surface area contributed by atoms with Gasteiger partial charge in [-0.2, -0.15) is 18.3 Å². The van der Waals surface area contributed by atoms with Gasteiger partial charge in [0.2, 0.25) is 0 Å². The molecule has 2 rings (SSSR count). The second kappa shape index (κ2) is 6.02. The highest BCUT2D eigenvalue weighted by Crippen LogP contribution is 2.35. The third-order valence-corrected chi connectivity index (χ3v) is 2.76.